The Kier molecular flexibility index (Phi) is 4.05. The monoisotopic (exact) mass is 255 g/mol. The highest BCUT2D eigenvalue weighted by molar-refractivity contribution is 6.17. The molecule has 0 radical (unpaired) electrons. The van der Waals surface area contributed by atoms with Crippen molar-refractivity contribution in [1.82, 2.24) is 14.7 Å². The van der Waals surface area contributed by atoms with Gasteiger partial charge in [0.1, 0.15) is 5.69 Å². The van der Waals surface area contributed by atoms with E-state index in [4.69, 9.17) is 11.6 Å². The number of hydrogen-bond donors (Lipinski definition) is 0. The van der Waals surface area contributed by atoms with Crippen LogP contribution in [-0.2, 0) is 7.05 Å². The fourth-order valence-corrected chi connectivity index (χ4v) is 2.60. The lowest BCUT2D eigenvalue weighted by Gasteiger charge is -2.24. The lowest BCUT2D eigenvalue weighted by atomic mass is 10.1. The molecule has 0 bridgehead atoms. The van der Waals surface area contributed by atoms with Gasteiger partial charge in [-0.25, -0.2) is 0 Å². The van der Waals surface area contributed by atoms with Gasteiger partial charge in [0, 0.05) is 31.7 Å². The summed E-state index contributed by atoms with van der Waals surface area (Å²) < 4.78 is 1.64. The molecule has 0 aromatic carbocycles. The van der Waals surface area contributed by atoms with Crippen molar-refractivity contribution in [2.45, 2.75) is 31.7 Å². The van der Waals surface area contributed by atoms with E-state index in [1.807, 2.05) is 4.90 Å². The summed E-state index contributed by atoms with van der Waals surface area (Å²) >= 11 is 5.71. The van der Waals surface area contributed by atoms with Crippen LogP contribution in [0.3, 0.4) is 0 Å². The average Bonchev–Trinajstić information content (AvgIpc) is 2.94. The molecule has 2 heterocycles. The van der Waals surface area contributed by atoms with Gasteiger partial charge in [0.25, 0.3) is 5.91 Å². The number of likely N-dealkylation sites (tertiary alicyclic amines) is 1. The molecule has 2 rings (SSSR count). The van der Waals surface area contributed by atoms with Gasteiger partial charge in [-0.05, 0) is 31.7 Å². The molecule has 1 aliphatic heterocycles. The Labute approximate surface area is 107 Å². The lowest BCUT2D eigenvalue weighted by Crippen LogP contribution is -2.36. The largest absolute Gasteiger partial charge is 0.334 e. The molecule has 0 aliphatic carbocycles. The normalized spacial score (nSPS) is 19.9. The van der Waals surface area contributed by atoms with E-state index >= 15 is 0 Å². The number of aromatic nitrogens is 2. The molecule has 1 fully saturated rings. The third kappa shape index (κ3) is 2.63. The van der Waals surface area contributed by atoms with Crippen LogP contribution < -0.4 is 0 Å². The van der Waals surface area contributed by atoms with Crippen LogP contribution in [0.5, 0.6) is 0 Å². The van der Waals surface area contributed by atoms with Gasteiger partial charge in [0.2, 0.25) is 0 Å². The Morgan fingerprint density at radius 2 is 2.47 bits per heavy atom. The van der Waals surface area contributed by atoms with E-state index < -0.39 is 0 Å². The molecule has 17 heavy (non-hydrogen) atoms. The van der Waals surface area contributed by atoms with Gasteiger partial charge in [-0.15, -0.1) is 11.6 Å². The van der Waals surface area contributed by atoms with Gasteiger partial charge in [-0.3, -0.25) is 9.48 Å². The molecular weight excluding hydrogens is 238 g/mol. The highest BCUT2D eigenvalue weighted by Crippen LogP contribution is 2.23. The summed E-state index contributed by atoms with van der Waals surface area (Å²) in [5.74, 6) is 0.770. The van der Waals surface area contributed by atoms with Crippen LogP contribution in [-0.4, -0.2) is 39.1 Å². The maximum atomic E-state index is 12.3. The van der Waals surface area contributed by atoms with Crippen molar-refractivity contribution in [3.8, 4) is 0 Å². The smallest absolute Gasteiger partial charge is 0.272 e. The van der Waals surface area contributed by atoms with E-state index in [0.29, 0.717) is 17.6 Å². The summed E-state index contributed by atoms with van der Waals surface area (Å²) in [5.41, 5.74) is 0.669. The average molecular weight is 256 g/mol. The van der Waals surface area contributed by atoms with Gasteiger partial charge in [-0.2, -0.15) is 5.10 Å². The van der Waals surface area contributed by atoms with Crippen molar-refractivity contribution < 1.29 is 4.79 Å². The Balaban J connectivity index is 2.06. The summed E-state index contributed by atoms with van der Waals surface area (Å²) in [6.07, 6.45) is 5.84. The summed E-state index contributed by atoms with van der Waals surface area (Å²) in [7, 11) is 1.80. The molecule has 1 aliphatic rings. The number of amides is 1. The molecule has 1 amide bonds. The van der Waals surface area contributed by atoms with Gasteiger partial charge in [0.05, 0.1) is 0 Å². The van der Waals surface area contributed by atoms with E-state index in [-0.39, 0.29) is 5.91 Å². The Hall–Kier alpha value is -1.03. The highest BCUT2D eigenvalue weighted by Gasteiger charge is 2.29. The zero-order valence-corrected chi connectivity index (χ0v) is 10.9. The van der Waals surface area contributed by atoms with Crippen molar-refractivity contribution in [2.75, 3.05) is 12.4 Å². The quantitative estimate of drug-likeness (QED) is 0.773. The molecule has 1 aromatic rings. The molecule has 4 nitrogen and oxygen atoms in total. The minimum atomic E-state index is 0.0991. The fourth-order valence-electron chi connectivity index (χ4n) is 2.45. The number of carbonyl (C=O) groups is 1. The van der Waals surface area contributed by atoms with Crippen LogP contribution in [0.2, 0.25) is 0 Å². The summed E-state index contributed by atoms with van der Waals surface area (Å²) in [4.78, 5) is 14.3. The van der Waals surface area contributed by atoms with Gasteiger partial charge in [0.15, 0.2) is 0 Å². The number of carbonyl (C=O) groups excluding carboxylic acids is 1. The first-order valence-electron chi connectivity index (χ1n) is 6.09. The topological polar surface area (TPSA) is 38.1 Å². The highest BCUT2D eigenvalue weighted by atomic mass is 35.5. The van der Waals surface area contributed by atoms with Gasteiger partial charge in [-0.1, -0.05) is 0 Å². The van der Waals surface area contributed by atoms with Crippen LogP contribution in [0.1, 0.15) is 36.2 Å². The number of rotatable bonds is 4. The first kappa shape index (κ1) is 12.4. The molecular formula is C12H18ClN3O. The minimum Gasteiger partial charge on any atom is -0.334 e. The van der Waals surface area contributed by atoms with Crippen LogP contribution in [0.15, 0.2) is 12.3 Å². The number of halogens is 1. The van der Waals surface area contributed by atoms with Crippen molar-refractivity contribution in [3.05, 3.63) is 18.0 Å². The third-order valence-corrected chi connectivity index (χ3v) is 3.62. The van der Waals surface area contributed by atoms with Crippen molar-refractivity contribution in [1.29, 1.82) is 0 Å². The second-order valence-corrected chi connectivity index (χ2v) is 4.84. The first-order chi connectivity index (χ1) is 8.24. The molecule has 1 aromatic heterocycles. The Bertz CT molecular complexity index is 391. The molecule has 0 N–H and O–H groups in total. The molecule has 5 heteroatoms. The van der Waals surface area contributed by atoms with E-state index in [1.54, 1.807) is 24.0 Å². The molecule has 1 atom stereocenters. The van der Waals surface area contributed by atoms with E-state index in [9.17, 15) is 4.79 Å². The van der Waals surface area contributed by atoms with Crippen LogP contribution in [0.4, 0.5) is 0 Å². The SMILES string of the molecule is Cn1nccc1C(=O)N1CCCC1CCCCl. The first-order valence-corrected chi connectivity index (χ1v) is 6.62. The predicted octanol–water partition coefficient (Wildman–Crippen LogP) is 2.04. The van der Waals surface area contributed by atoms with Crippen molar-refractivity contribution in [2.24, 2.45) is 7.05 Å². The van der Waals surface area contributed by atoms with Crippen LogP contribution in [0.25, 0.3) is 0 Å². The molecule has 1 saturated heterocycles. The molecule has 0 saturated carbocycles. The maximum Gasteiger partial charge on any atom is 0.272 e. The van der Waals surface area contributed by atoms with Gasteiger partial charge >= 0.3 is 0 Å². The molecule has 0 spiro atoms. The van der Waals surface area contributed by atoms with Crippen LogP contribution in [0, 0.1) is 0 Å². The molecule has 94 valence electrons. The summed E-state index contributed by atoms with van der Waals surface area (Å²) in [6.45, 7) is 0.858. The lowest BCUT2D eigenvalue weighted by molar-refractivity contribution is 0.0719. The number of aryl methyl sites for hydroxylation is 1. The van der Waals surface area contributed by atoms with E-state index in [2.05, 4.69) is 5.10 Å². The standard InChI is InChI=1S/C12H18ClN3O/c1-15-11(6-8-14-15)12(17)16-9-3-5-10(16)4-2-7-13/h6,8,10H,2-5,7,9H2,1H3. The number of alkyl halides is 1. The second kappa shape index (κ2) is 5.54. The summed E-state index contributed by atoms with van der Waals surface area (Å²) in [6, 6.07) is 2.13. The zero-order valence-electron chi connectivity index (χ0n) is 10.1. The second-order valence-electron chi connectivity index (χ2n) is 4.47. The Morgan fingerprint density at radius 1 is 1.65 bits per heavy atom. The zero-order chi connectivity index (χ0) is 12.3. The minimum absolute atomic E-state index is 0.0991. The van der Waals surface area contributed by atoms with Crippen molar-refractivity contribution >= 4 is 17.5 Å². The van der Waals surface area contributed by atoms with E-state index in [1.165, 1.54) is 0 Å². The number of nitrogens with zero attached hydrogens (tertiary/aromatic N) is 3. The Morgan fingerprint density at radius 3 is 3.12 bits per heavy atom. The maximum absolute atomic E-state index is 12.3. The van der Waals surface area contributed by atoms with E-state index in [0.717, 1.165) is 32.2 Å². The van der Waals surface area contributed by atoms with Crippen LogP contribution >= 0.6 is 11.6 Å². The van der Waals surface area contributed by atoms with Crippen molar-refractivity contribution in [3.63, 3.8) is 0 Å². The fraction of sp³-hybridized carbons (Fsp3) is 0.667. The third-order valence-electron chi connectivity index (χ3n) is 3.35. The summed E-state index contributed by atoms with van der Waals surface area (Å²) in [5, 5.41) is 4.04. The molecule has 1 unspecified atom stereocenters. The predicted molar refractivity (Wildman–Crippen MR) is 67.2 cm³/mol. The number of hydrogen-bond acceptors (Lipinski definition) is 2. The van der Waals surface area contributed by atoms with Gasteiger partial charge < -0.3 is 4.90 Å².